The van der Waals surface area contributed by atoms with Gasteiger partial charge in [-0.1, -0.05) is 19.1 Å². The number of sulfone groups is 1. The summed E-state index contributed by atoms with van der Waals surface area (Å²) in [6, 6.07) is 5.52. The van der Waals surface area contributed by atoms with E-state index in [4.69, 9.17) is 0 Å². The van der Waals surface area contributed by atoms with Crippen molar-refractivity contribution in [3.63, 3.8) is 0 Å². The van der Waals surface area contributed by atoms with Gasteiger partial charge in [0.05, 0.1) is 22.6 Å². The number of aryl methyl sites for hydroxylation is 1. The molecule has 1 saturated heterocycles. The topological polar surface area (TPSA) is 79.0 Å². The zero-order valence-electron chi connectivity index (χ0n) is 13.8. The number of rotatable bonds is 2. The summed E-state index contributed by atoms with van der Waals surface area (Å²) in [6.45, 7) is 2.26. The fourth-order valence-corrected chi connectivity index (χ4v) is 5.65. The molecule has 0 bridgehead atoms. The number of H-pyrrole nitrogens is 1. The Bertz CT molecular complexity index is 914. The van der Waals surface area contributed by atoms with Crippen LogP contribution in [0.1, 0.15) is 41.4 Å². The normalized spacial score (nSPS) is 25.5. The van der Waals surface area contributed by atoms with E-state index in [1.54, 1.807) is 0 Å². The summed E-state index contributed by atoms with van der Waals surface area (Å²) in [4.78, 5) is 16.1. The highest BCUT2D eigenvalue weighted by Crippen LogP contribution is 2.33. The van der Waals surface area contributed by atoms with E-state index in [9.17, 15) is 13.2 Å². The number of carbonyl (C=O) groups excluding carboxylic acids is 1. The molecular weight excluding hydrogens is 324 g/mol. The molecule has 0 unspecified atom stereocenters. The number of hydrogen-bond acceptors (Lipinski definition) is 3. The molecule has 0 saturated carbocycles. The van der Waals surface area contributed by atoms with Gasteiger partial charge in [-0.15, -0.1) is 0 Å². The number of carbonyl (C=O) groups is 1. The number of benzene rings is 1. The van der Waals surface area contributed by atoms with Crippen LogP contribution < -0.4 is 5.32 Å². The molecule has 6 heteroatoms. The Balaban J connectivity index is 1.66. The maximum Gasteiger partial charge on any atom is 0.253 e. The standard InChI is InChI=1S/C18H22N2O3S/c1-11-5-6-16-15(9-11)13-3-2-4-14(17(13)20-16)18(21)19-12-7-8-24(22,23)10-12/h2-4,11-12,20H,5-10H2,1H3,(H,19,21)/t11-,12+/m0/s1. The number of aromatic amines is 1. The van der Waals surface area contributed by atoms with Crippen molar-refractivity contribution in [3.05, 3.63) is 35.0 Å². The second-order valence-electron chi connectivity index (χ2n) is 7.23. The summed E-state index contributed by atoms with van der Waals surface area (Å²) in [5, 5.41) is 4.02. The molecule has 2 aliphatic rings. The van der Waals surface area contributed by atoms with Gasteiger partial charge in [-0.25, -0.2) is 8.42 Å². The highest BCUT2D eigenvalue weighted by atomic mass is 32.2. The van der Waals surface area contributed by atoms with Crippen LogP contribution in [0.5, 0.6) is 0 Å². The summed E-state index contributed by atoms with van der Waals surface area (Å²) in [7, 11) is -3.00. The monoisotopic (exact) mass is 346 g/mol. The second kappa shape index (κ2) is 5.62. The van der Waals surface area contributed by atoms with E-state index in [0.29, 0.717) is 17.9 Å². The minimum Gasteiger partial charge on any atom is -0.358 e. The molecule has 128 valence electrons. The Labute approximate surface area is 141 Å². The van der Waals surface area contributed by atoms with Crippen molar-refractivity contribution in [2.45, 2.75) is 38.6 Å². The first-order valence-electron chi connectivity index (χ1n) is 8.56. The van der Waals surface area contributed by atoms with Crippen LogP contribution in [0.4, 0.5) is 0 Å². The number of para-hydroxylation sites is 1. The number of amides is 1. The zero-order chi connectivity index (χ0) is 16.9. The molecule has 0 radical (unpaired) electrons. The van der Waals surface area contributed by atoms with Gasteiger partial charge >= 0.3 is 0 Å². The second-order valence-corrected chi connectivity index (χ2v) is 9.46. The maximum atomic E-state index is 12.7. The molecule has 2 N–H and O–H groups in total. The molecule has 4 rings (SSSR count). The van der Waals surface area contributed by atoms with Gasteiger partial charge in [-0.3, -0.25) is 4.79 Å². The summed E-state index contributed by atoms with van der Waals surface area (Å²) in [5.74, 6) is 0.691. The van der Waals surface area contributed by atoms with E-state index in [2.05, 4.69) is 23.3 Å². The van der Waals surface area contributed by atoms with Crippen LogP contribution in [-0.2, 0) is 22.7 Å². The van der Waals surface area contributed by atoms with E-state index in [-0.39, 0.29) is 23.5 Å². The van der Waals surface area contributed by atoms with Crippen LogP contribution in [0.25, 0.3) is 10.9 Å². The van der Waals surface area contributed by atoms with Crippen LogP contribution in [-0.4, -0.2) is 36.9 Å². The van der Waals surface area contributed by atoms with Crippen LogP contribution in [0.3, 0.4) is 0 Å². The van der Waals surface area contributed by atoms with Gasteiger partial charge in [0.1, 0.15) is 0 Å². The Kier molecular flexibility index (Phi) is 3.67. The van der Waals surface area contributed by atoms with Crippen molar-refractivity contribution in [1.29, 1.82) is 0 Å². The van der Waals surface area contributed by atoms with Gasteiger partial charge in [0.15, 0.2) is 9.84 Å². The Morgan fingerprint density at radius 1 is 1.29 bits per heavy atom. The summed E-state index contributed by atoms with van der Waals surface area (Å²) >= 11 is 0. The van der Waals surface area contributed by atoms with Crippen molar-refractivity contribution in [3.8, 4) is 0 Å². The minimum atomic E-state index is -3.00. The molecule has 1 amide bonds. The van der Waals surface area contributed by atoms with E-state index in [0.717, 1.165) is 23.7 Å². The number of aromatic nitrogens is 1. The lowest BCUT2D eigenvalue weighted by Crippen LogP contribution is -2.35. The maximum absolute atomic E-state index is 12.7. The van der Waals surface area contributed by atoms with Gasteiger partial charge in [0, 0.05) is 17.1 Å². The molecule has 2 atom stereocenters. The fourth-order valence-electron chi connectivity index (χ4n) is 3.98. The minimum absolute atomic E-state index is 0.0491. The predicted molar refractivity (Wildman–Crippen MR) is 94.0 cm³/mol. The van der Waals surface area contributed by atoms with E-state index < -0.39 is 9.84 Å². The number of hydrogen-bond donors (Lipinski definition) is 2. The van der Waals surface area contributed by atoms with E-state index in [1.165, 1.54) is 17.7 Å². The largest absolute Gasteiger partial charge is 0.358 e. The number of nitrogens with one attached hydrogen (secondary N) is 2. The quantitative estimate of drug-likeness (QED) is 0.875. The lowest BCUT2D eigenvalue weighted by Gasteiger charge is -2.17. The molecule has 2 aromatic rings. The molecule has 0 spiro atoms. The fraction of sp³-hybridized carbons (Fsp3) is 0.500. The predicted octanol–water partition coefficient (Wildman–Crippen LogP) is 2.21. The van der Waals surface area contributed by atoms with Gasteiger partial charge in [0.25, 0.3) is 5.91 Å². The van der Waals surface area contributed by atoms with Crippen LogP contribution >= 0.6 is 0 Å². The van der Waals surface area contributed by atoms with Crippen molar-refractivity contribution in [2.24, 2.45) is 5.92 Å². The molecule has 1 aromatic heterocycles. The highest BCUT2D eigenvalue weighted by molar-refractivity contribution is 7.91. The average molecular weight is 346 g/mol. The van der Waals surface area contributed by atoms with Crippen LogP contribution in [0.2, 0.25) is 0 Å². The number of fused-ring (bicyclic) bond motifs is 3. The first-order chi connectivity index (χ1) is 11.4. The molecule has 1 fully saturated rings. The van der Waals surface area contributed by atoms with Crippen molar-refractivity contribution >= 4 is 26.6 Å². The first-order valence-corrected chi connectivity index (χ1v) is 10.4. The van der Waals surface area contributed by atoms with Crippen molar-refractivity contribution in [2.75, 3.05) is 11.5 Å². The lowest BCUT2D eigenvalue weighted by molar-refractivity contribution is 0.0942. The van der Waals surface area contributed by atoms with E-state index >= 15 is 0 Å². The van der Waals surface area contributed by atoms with Gasteiger partial charge < -0.3 is 10.3 Å². The molecular formula is C18H22N2O3S. The Hall–Kier alpha value is -1.82. The SMILES string of the molecule is C[C@H]1CCc2[nH]c3c(C(=O)N[C@@H]4CCS(=O)(=O)C4)cccc3c2C1. The molecule has 1 aromatic carbocycles. The third-order valence-corrected chi connectivity index (χ3v) is 7.05. The first kappa shape index (κ1) is 15.7. The molecule has 24 heavy (non-hydrogen) atoms. The van der Waals surface area contributed by atoms with Gasteiger partial charge in [-0.2, -0.15) is 0 Å². The van der Waals surface area contributed by atoms with Crippen molar-refractivity contribution in [1.82, 2.24) is 10.3 Å². The Morgan fingerprint density at radius 3 is 2.88 bits per heavy atom. The molecule has 5 nitrogen and oxygen atoms in total. The van der Waals surface area contributed by atoms with Crippen molar-refractivity contribution < 1.29 is 13.2 Å². The van der Waals surface area contributed by atoms with Crippen LogP contribution in [0.15, 0.2) is 18.2 Å². The van der Waals surface area contributed by atoms with Gasteiger partial charge in [0.2, 0.25) is 0 Å². The lowest BCUT2D eigenvalue weighted by atomic mass is 9.87. The summed E-state index contributed by atoms with van der Waals surface area (Å²) in [5.41, 5.74) is 4.07. The Morgan fingerprint density at radius 2 is 2.12 bits per heavy atom. The molecule has 1 aliphatic heterocycles. The highest BCUT2D eigenvalue weighted by Gasteiger charge is 2.30. The average Bonchev–Trinajstić information content (AvgIpc) is 3.06. The summed E-state index contributed by atoms with van der Waals surface area (Å²) in [6.07, 6.45) is 3.73. The third-order valence-electron chi connectivity index (χ3n) is 5.28. The van der Waals surface area contributed by atoms with E-state index in [1.807, 2.05) is 12.1 Å². The molecule has 2 heterocycles. The molecule has 1 aliphatic carbocycles. The zero-order valence-corrected chi connectivity index (χ0v) is 14.6. The smallest absolute Gasteiger partial charge is 0.253 e. The van der Waals surface area contributed by atoms with Crippen LogP contribution in [0, 0.1) is 5.92 Å². The van der Waals surface area contributed by atoms with Gasteiger partial charge in [-0.05, 0) is 43.2 Å². The third kappa shape index (κ3) is 2.73. The summed E-state index contributed by atoms with van der Waals surface area (Å²) < 4.78 is 23.2.